The monoisotopic (exact) mass is 446 g/mol. The zero-order valence-corrected chi connectivity index (χ0v) is 15.7. The molecule has 0 fully saturated rings. The first-order valence-electron chi connectivity index (χ1n) is 7.93. The number of carbonyl (C=O) groups excluding carboxylic acids is 4. The predicted molar refractivity (Wildman–Crippen MR) is 101 cm³/mol. The van der Waals surface area contributed by atoms with Gasteiger partial charge < -0.3 is 10.1 Å². The molecule has 1 N–H and O–H groups in total. The summed E-state index contributed by atoms with van der Waals surface area (Å²) in [5, 5.41) is 2.29. The van der Waals surface area contributed by atoms with Crippen LogP contribution < -0.4 is 10.2 Å². The van der Waals surface area contributed by atoms with Crippen LogP contribution in [0.2, 0.25) is 0 Å². The molecule has 0 aromatic heterocycles. The lowest BCUT2D eigenvalue weighted by Crippen LogP contribution is -2.29. The molecule has 1 aliphatic rings. The van der Waals surface area contributed by atoms with Crippen LogP contribution in [-0.2, 0) is 19.1 Å². The number of anilines is 2. The topological polar surface area (TPSA) is 92.8 Å². The van der Waals surface area contributed by atoms with Gasteiger partial charge in [0.25, 0.3) is 17.7 Å². The van der Waals surface area contributed by atoms with Gasteiger partial charge in [-0.25, -0.2) is 14.1 Å². The summed E-state index contributed by atoms with van der Waals surface area (Å²) in [6.45, 7) is -0.637. The van der Waals surface area contributed by atoms with Gasteiger partial charge in [-0.05, 0) is 36.4 Å². The third kappa shape index (κ3) is 4.32. The van der Waals surface area contributed by atoms with E-state index in [9.17, 15) is 23.6 Å². The Bertz CT molecular complexity index is 1000. The molecule has 1 heterocycles. The number of hydrogen-bond acceptors (Lipinski definition) is 5. The zero-order valence-electron chi connectivity index (χ0n) is 14.1. The number of rotatable bonds is 5. The molecule has 0 bridgehead atoms. The molecule has 0 saturated heterocycles. The molecule has 142 valence electrons. The van der Waals surface area contributed by atoms with Gasteiger partial charge in [-0.2, -0.15) is 0 Å². The standard InChI is InChI=1S/C19H12BrFN2O5/c20-12-4-5-15(14(21)9-12)22-16(24)10-28-19(27)11-2-1-3-13(8-11)23-17(25)6-7-18(23)26/h1-9H,10H2,(H,22,24). The lowest BCUT2D eigenvalue weighted by Gasteiger charge is -2.14. The van der Waals surface area contributed by atoms with E-state index < -0.39 is 36.1 Å². The van der Waals surface area contributed by atoms with Crippen LogP contribution in [0.1, 0.15) is 10.4 Å². The van der Waals surface area contributed by atoms with E-state index in [1.165, 1.54) is 36.4 Å². The summed E-state index contributed by atoms with van der Waals surface area (Å²) in [6, 6.07) is 9.77. The highest BCUT2D eigenvalue weighted by atomic mass is 79.9. The van der Waals surface area contributed by atoms with Crippen molar-refractivity contribution in [2.45, 2.75) is 0 Å². The number of esters is 1. The summed E-state index contributed by atoms with van der Waals surface area (Å²) in [5.41, 5.74) is 0.202. The Morgan fingerprint density at radius 2 is 1.79 bits per heavy atom. The van der Waals surface area contributed by atoms with Crippen LogP contribution in [0.15, 0.2) is 59.1 Å². The molecule has 0 spiro atoms. The molecule has 1 aliphatic heterocycles. The average molecular weight is 447 g/mol. The summed E-state index contributed by atoms with van der Waals surface area (Å²) in [4.78, 5) is 48.4. The Morgan fingerprint density at radius 3 is 2.46 bits per heavy atom. The summed E-state index contributed by atoms with van der Waals surface area (Å²) in [5.74, 6) is -3.24. The number of hydrogen-bond donors (Lipinski definition) is 1. The predicted octanol–water partition coefficient (Wildman–Crippen LogP) is 2.81. The molecular weight excluding hydrogens is 435 g/mol. The Kier molecular flexibility index (Phi) is 5.65. The van der Waals surface area contributed by atoms with Gasteiger partial charge in [0.15, 0.2) is 6.61 Å². The minimum atomic E-state index is -0.833. The van der Waals surface area contributed by atoms with Crippen LogP contribution in [0.3, 0.4) is 0 Å². The van der Waals surface area contributed by atoms with Crippen LogP contribution in [0, 0.1) is 5.82 Å². The van der Waals surface area contributed by atoms with Crippen molar-refractivity contribution in [2.24, 2.45) is 0 Å². The van der Waals surface area contributed by atoms with Crippen LogP contribution in [-0.4, -0.2) is 30.3 Å². The second-order valence-corrected chi connectivity index (χ2v) is 6.56. The molecule has 7 nitrogen and oxygen atoms in total. The molecule has 0 saturated carbocycles. The van der Waals surface area contributed by atoms with Gasteiger partial charge in [-0.1, -0.05) is 22.0 Å². The van der Waals surface area contributed by atoms with Crippen LogP contribution >= 0.6 is 15.9 Å². The maximum atomic E-state index is 13.7. The fourth-order valence-corrected chi connectivity index (χ4v) is 2.75. The SMILES string of the molecule is O=C(COC(=O)c1cccc(N2C(=O)C=CC2=O)c1)Nc1ccc(Br)cc1F. The highest BCUT2D eigenvalue weighted by Gasteiger charge is 2.25. The van der Waals surface area contributed by atoms with Crippen LogP contribution in [0.25, 0.3) is 0 Å². The maximum Gasteiger partial charge on any atom is 0.338 e. The summed E-state index contributed by atoms with van der Waals surface area (Å²) >= 11 is 3.10. The summed E-state index contributed by atoms with van der Waals surface area (Å²) < 4.78 is 19.1. The molecule has 28 heavy (non-hydrogen) atoms. The second kappa shape index (κ2) is 8.13. The van der Waals surface area contributed by atoms with E-state index in [0.29, 0.717) is 4.47 Å². The highest BCUT2D eigenvalue weighted by molar-refractivity contribution is 9.10. The number of amides is 3. The largest absolute Gasteiger partial charge is 0.452 e. The first-order chi connectivity index (χ1) is 13.3. The fraction of sp³-hybridized carbons (Fsp3) is 0.0526. The number of ether oxygens (including phenoxy) is 1. The van der Waals surface area contributed by atoms with Gasteiger partial charge in [0, 0.05) is 16.6 Å². The first kappa shape index (κ1) is 19.4. The average Bonchev–Trinajstić information content (AvgIpc) is 3.00. The second-order valence-electron chi connectivity index (χ2n) is 5.64. The van der Waals surface area contributed by atoms with Crippen molar-refractivity contribution in [2.75, 3.05) is 16.8 Å². The molecule has 0 atom stereocenters. The first-order valence-corrected chi connectivity index (χ1v) is 8.72. The number of halogens is 2. The molecule has 0 unspecified atom stereocenters. The van der Waals surface area contributed by atoms with Crippen molar-refractivity contribution in [3.8, 4) is 0 Å². The molecule has 2 aromatic carbocycles. The van der Waals surface area contributed by atoms with Gasteiger partial charge in [-0.15, -0.1) is 0 Å². The van der Waals surface area contributed by atoms with Crippen molar-refractivity contribution in [1.82, 2.24) is 0 Å². The van der Waals surface area contributed by atoms with Gasteiger partial charge in [0.2, 0.25) is 0 Å². The minimum Gasteiger partial charge on any atom is -0.452 e. The molecule has 0 aliphatic carbocycles. The van der Waals surface area contributed by atoms with Crippen molar-refractivity contribution in [1.29, 1.82) is 0 Å². The van der Waals surface area contributed by atoms with E-state index >= 15 is 0 Å². The van der Waals surface area contributed by atoms with Gasteiger partial charge in [0.05, 0.1) is 16.9 Å². The Labute approximate surface area is 166 Å². The quantitative estimate of drug-likeness (QED) is 0.562. The lowest BCUT2D eigenvalue weighted by atomic mass is 10.2. The normalized spacial score (nSPS) is 13.0. The number of imide groups is 1. The zero-order chi connectivity index (χ0) is 20.3. The van der Waals surface area contributed by atoms with E-state index in [2.05, 4.69) is 21.2 Å². The molecule has 3 rings (SSSR count). The lowest BCUT2D eigenvalue weighted by molar-refractivity contribution is -0.120. The van der Waals surface area contributed by atoms with Crippen LogP contribution in [0.4, 0.5) is 15.8 Å². The molecule has 2 aromatic rings. The third-order valence-electron chi connectivity index (χ3n) is 3.69. The van der Waals surface area contributed by atoms with E-state index in [1.54, 1.807) is 6.07 Å². The molecule has 9 heteroatoms. The van der Waals surface area contributed by atoms with E-state index in [-0.39, 0.29) is 16.9 Å². The molecular formula is C19H12BrFN2O5. The maximum absolute atomic E-state index is 13.7. The summed E-state index contributed by atoms with van der Waals surface area (Å²) in [7, 11) is 0. The summed E-state index contributed by atoms with van der Waals surface area (Å²) in [6.07, 6.45) is 2.25. The van der Waals surface area contributed by atoms with Crippen molar-refractivity contribution >= 4 is 51.0 Å². The molecule has 0 radical (unpaired) electrons. The Balaban J connectivity index is 1.62. The van der Waals surface area contributed by atoms with E-state index in [0.717, 1.165) is 17.1 Å². The smallest absolute Gasteiger partial charge is 0.338 e. The van der Waals surface area contributed by atoms with Gasteiger partial charge in [-0.3, -0.25) is 14.4 Å². The minimum absolute atomic E-state index is 0.0487. The van der Waals surface area contributed by atoms with Gasteiger partial charge >= 0.3 is 5.97 Å². The third-order valence-corrected chi connectivity index (χ3v) is 4.18. The van der Waals surface area contributed by atoms with E-state index in [1.807, 2.05) is 0 Å². The Morgan fingerprint density at radius 1 is 1.07 bits per heavy atom. The van der Waals surface area contributed by atoms with Crippen molar-refractivity contribution in [3.05, 3.63) is 70.5 Å². The van der Waals surface area contributed by atoms with Gasteiger partial charge in [0.1, 0.15) is 5.82 Å². The number of benzene rings is 2. The van der Waals surface area contributed by atoms with E-state index in [4.69, 9.17) is 4.74 Å². The van der Waals surface area contributed by atoms with Crippen LogP contribution in [0.5, 0.6) is 0 Å². The number of nitrogens with zero attached hydrogens (tertiary/aromatic N) is 1. The highest BCUT2D eigenvalue weighted by Crippen LogP contribution is 2.21. The Hall–Kier alpha value is -3.33. The van der Waals surface area contributed by atoms with Crippen molar-refractivity contribution < 1.29 is 28.3 Å². The van der Waals surface area contributed by atoms with Crippen molar-refractivity contribution in [3.63, 3.8) is 0 Å². The number of carbonyl (C=O) groups is 4. The molecule has 3 amide bonds. The number of nitrogens with one attached hydrogen (secondary N) is 1. The fourth-order valence-electron chi connectivity index (χ4n) is 2.42.